The zero-order chi connectivity index (χ0) is 10.9. The number of hydrogen-bond donors (Lipinski definition) is 1. The van der Waals surface area contributed by atoms with Crippen molar-refractivity contribution in [1.29, 1.82) is 0 Å². The van der Waals surface area contributed by atoms with E-state index >= 15 is 0 Å². The first-order valence-electron chi connectivity index (χ1n) is 6.58. The van der Waals surface area contributed by atoms with Gasteiger partial charge in [0, 0.05) is 19.1 Å². The Morgan fingerprint density at radius 2 is 2.13 bits per heavy atom. The molecule has 2 nitrogen and oxygen atoms in total. The Morgan fingerprint density at radius 3 is 2.73 bits per heavy atom. The molecule has 1 saturated heterocycles. The van der Waals surface area contributed by atoms with Gasteiger partial charge in [0.05, 0.1) is 0 Å². The minimum absolute atomic E-state index is 0.400. The van der Waals surface area contributed by atoms with Gasteiger partial charge in [-0.05, 0) is 43.6 Å². The van der Waals surface area contributed by atoms with E-state index in [1.165, 1.54) is 51.7 Å². The molecular weight excluding hydrogens is 184 g/mol. The van der Waals surface area contributed by atoms with Crippen molar-refractivity contribution in [3.05, 3.63) is 0 Å². The largest absolute Gasteiger partial charge is 0.327 e. The zero-order valence-electron chi connectivity index (χ0n) is 10.3. The fourth-order valence-corrected chi connectivity index (χ4v) is 3.40. The molecule has 1 heterocycles. The van der Waals surface area contributed by atoms with Crippen LogP contribution in [0.2, 0.25) is 0 Å². The number of rotatable bonds is 2. The lowest BCUT2D eigenvalue weighted by Gasteiger charge is -2.39. The number of nitrogens with two attached hydrogens (primary N) is 1. The van der Waals surface area contributed by atoms with Crippen molar-refractivity contribution in [1.82, 2.24) is 4.90 Å². The summed E-state index contributed by atoms with van der Waals surface area (Å²) < 4.78 is 0. The van der Waals surface area contributed by atoms with Gasteiger partial charge in [-0.15, -0.1) is 0 Å². The second-order valence-corrected chi connectivity index (χ2v) is 6.14. The molecular formula is C13H26N2. The minimum Gasteiger partial charge on any atom is -0.327 e. The van der Waals surface area contributed by atoms with Gasteiger partial charge >= 0.3 is 0 Å². The third-order valence-corrected chi connectivity index (χ3v) is 4.48. The number of nitrogens with zero attached hydrogens (tertiary/aromatic N) is 1. The fraction of sp³-hybridized carbons (Fsp3) is 1.00. The lowest BCUT2D eigenvalue weighted by atomic mass is 9.83. The van der Waals surface area contributed by atoms with Gasteiger partial charge in [-0.2, -0.15) is 0 Å². The first-order chi connectivity index (χ1) is 7.10. The van der Waals surface area contributed by atoms with E-state index in [1.54, 1.807) is 0 Å². The molecule has 0 aromatic rings. The molecule has 1 aliphatic heterocycles. The zero-order valence-corrected chi connectivity index (χ0v) is 10.3. The SMILES string of the molecule is CC1CCCN(CC2(C)CCCC2N)C1. The van der Waals surface area contributed by atoms with Gasteiger partial charge in [-0.25, -0.2) is 0 Å². The Morgan fingerprint density at radius 1 is 1.33 bits per heavy atom. The summed E-state index contributed by atoms with van der Waals surface area (Å²) in [4.78, 5) is 2.65. The summed E-state index contributed by atoms with van der Waals surface area (Å²) in [5.74, 6) is 0.889. The molecule has 2 heteroatoms. The number of hydrogen-bond acceptors (Lipinski definition) is 2. The highest BCUT2D eigenvalue weighted by molar-refractivity contribution is 4.94. The predicted molar refractivity (Wildman–Crippen MR) is 64.8 cm³/mol. The second-order valence-electron chi connectivity index (χ2n) is 6.14. The molecule has 0 amide bonds. The van der Waals surface area contributed by atoms with Crippen LogP contribution in [0.3, 0.4) is 0 Å². The summed E-state index contributed by atoms with van der Waals surface area (Å²) in [5, 5.41) is 0. The number of piperidine rings is 1. The average molecular weight is 210 g/mol. The third kappa shape index (κ3) is 2.54. The van der Waals surface area contributed by atoms with Gasteiger partial charge in [0.25, 0.3) is 0 Å². The smallest absolute Gasteiger partial charge is 0.0105 e. The van der Waals surface area contributed by atoms with Crippen LogP contribution in [-0.4, -0.2) is 30.6 Å². The number of likely N-dealkylation sites (tertiary alicyclic amines) is 1. The van der Waals surface area contributed by atoms with Gasteiger partial charge in [0.1, 0.15) is 0 Å². The fourth-order valence-electron chi connectivity index (χ4n) is 3.40. The predicted octanol–water partition coefficient (Wildman–Crippen LogP) is 2.24. The molecule has 1 aliphatic carbocycles. The van der Waals surface area contributed by atoms with Crippen molar-refractivity contribution in [3.8, 4) is 0 Å². The van der Waals surface area contributed by atoms with Crippen molar-refractivity contribution < 1.29 is 0 Å². The molecule has 0 radical (unpaired) electrons. The Balaban J connectivity index is 1.90. The van der Waals surface area contributed by atoms with Crippen molar-refractivity contribution in [3.63, 3.8) is 0 Å². The first-order valence-corrected chi connectivity index (χ1v) is 6.58. The Bertz CT molecular complexity index is 217. The Kier molecular flexibility index (Phi) is 3.36. The molecule has 3 unspecified atom stereocenters. The molecule has 0 spiro atoms. The van der Waals surface area contributed by atoms with Crippen LogP contribution >= 0.6 is 0 Å². The van der Waals surface area contributed by atoms with Gasteiger partial charge in [0.15, 0.2) is 0 Å². The second kappa shape index (κ2) is 4.42. The van der Waals surface area contributed by atoms with E-state index in [9.17, 15) is 0 Å². The first kappa shape index (κ1) is 11.4. The van der Waals surface area contributed by atoms with E-state index in [0.29, 0.717) is 11.5 Å². The van der Waals surface area contributed by atoms with Crippen molar-refractivity contribution in [2.45, 2.75) is 52.0 Å². The monoisotopic (exact) mass is 210 g/mol. The van der Waals surface area contributed by atoms with E-state index in [1.807, 2.05) is 0 Å². The molecule has 0 bridgehead atoms. The van der Waals surface area contributed by atoms with Crippen molar-refractivity contribution in [2.24, 2.45) is 17.1 Å². The van der Waals surface area contributed by atoms with Crippen LogP contribution in [0.15, 0.2) is 0 Å². The third-order valence-electron chi connectivity index (χ3n) is 4.48. The van der Waals surface area contributed by atoms with E-state index in [2.05, 4.69) is 18.7 Å². The maximum Gasteiger partial charge on any atom is 0.0105 e. The van der Waals surface area contributed by atoms with Crippen molar-refractivity contribution in [2.75, 3.05) is 19.6 Å². The molecule has 2 fully saturated rings. The molecule has 0 aromatic heterocycles. The highest BCUT2D eigenvalue weighted by atomic mass is 15.1. The Hall–Kier alpha value is -0.0800. The molecule has 88 valence electrons. The quantitative estimate of drug-likeness (QED) is 0.757. The molecule has 0 aromatic carbocycles. The lowest BCUT2D eigenvalue weighted by Crippen LogP contribution is -2.47. The van der Waals surface area contributed by atoms with Gasteiger partial charge in [-0.1, -0.05) is 20.3 Å². The highest BCUT2D eigenvalue weighted by Gasteiger charge is 2.38. The van der Waals surface area contributed by atoms with Gasteiger partial charge in [0.2, 0.25) is 0 Å². The van der Waals surface area contributed by atoms with E-state index in [-0.39, 0.29) is 0 Å². The lowest BCUT2D eigenvalue weighted by molar-refractivity contribution is 0.110. The molecule has 2 rings (SSSR count). The van der Waals surface area contributed by atoms with Crippen LogP contribution in [0, 0.1) is 11.3 Å². The molecule has 2 aliphatic rings. The van der Waals surface area contributed by atoms with E-state index < -0.39 is 0 Å². The van der Waals surface area contributed by atoms with Crippen LogP contribution in [-0.2, 0) is 0 Å². The topological polar surface area (TPSA) is 29.3 Å². The summed E-state index contributed by atoms with van der Waals surface area (Å²) in [5.41, 5.74) is 6.64. The van der Waals surface area contributed by atoms with Crippen LogP contribution in [0.4, 0.5) is 0 Å². The van der Waals surface area contributed by atoms with Crippen LogP contribution in [0.5, 0.6) is 0 Å². The molecule has 15 heavy (non-hydrogen) atoms. The van der Waals surface area contributed by atoms with Gasteiger partial charge < -0.3 is 10.6 Å². The van der Waals surface area contributed by atoms with Crippen LogP contribution in [0.1, 0.15) is 46.0 Å². The molecule has 1 saturated carbocycles. The van der Waals surface area contributed by atoms with E-state index in [0.717, 1.165) is 5.92 Å². The normalized spacial score (nSPS) is 43.4. The minimum atomic E-state index is 0.400. The van der Waals surface area contributed by atoms with E-state index in [4.69, 9.17) is 5.73 Å². The highest BCUT2D eigenvalue weighted by Crippen LogP contribution is 2.38. The average Bonchev–Trinajstić information content (AvgIpc) is 2.47. The summed E-state index contributed by atoms with van der Waals surface area (Å²) in [6.07, 6.45) is 6.70. The molecule has 3 atom stereocenters. The molecule has 2 N–H and O–H groups in total. The van der Waals surface area contributed by atoms with Crippen molar-refractivity contribution >= 4 is 0 Å². The van der Waals surface area contributed by atoms with Crippen LogP contribution < -0.4 is 5.73 Å². The summed E-state index contributed by atoms with van der Waals surface area (Å²) in [6.45, 7) is 8.60. The van der Waals surface area contributed by atoms with Gasteiger partial charge in [-0.3, -0.25) is 0 Å². The van der Waals surface area contributed by atoms with Crippen LogP contribution in [0.25, 0.3) is 0 Å². The maximum atomic E-state index is 6.24. The summed E-state index contributed by atoms with van der Waals surface area (Å²) in [7, 11) is 0. The standard InChI is InChI=1S/C13H26N2/c1-11-5-4-8-15(9-11)10-13(2)7-3-6-12(13)14/h11-12H,3-10,14H2,1-2H3. The summed E-state index contributed by atoms with van der Waals surface area (Å²) >= 11 is 0. The maximum absolute atomic E-state index is 6.24. The Labute approximate surface area is 94.2 Å². The summed E-state index contributed by atoms with van der Waals surface area (Å²) in [6, 6.07) is 0.440.